The van der Waals surface area contributed by atoms with Crippen LogP contribution in [0.3, 0.4) is 0 Å². The molecule has 1 amide bonds. The predicted octanol–water partition coefficient (Wildman–Crippen LogP) is 1.20. The number of aliphatic carboxylic acids is 1. The third-order valence-corrected chi connectivity index (χ3v) is 2.94. The van der Waals surface area contributed by atoms with Crippen molar-refractivity contribution in [2.75, 3.05) is 6.54 Å². The molecule has 1 fully saturated rings. The summed E-state index contributed by atoms with van der Waals surface area (Å²) in [4.78, 5) is 24.7. The summed E-state index contributed by atoms with van der Waals surface area (Å²) in [6.45, 7) is 2.44. The molecule has 2 rings (SSSR count). The maximum absolute atomic E-state index is 12.2. The topological polar surface area (TPSA) is 62.5 Å². The number of hydrogen-bond acceptors (Lipinski definition) is 2. The predicted molar refractivity (Wildman–Crippen MR) is 61.8 cm³/mol. The Morgan fingerprint density at radius 1 is 1.53 bits per heavy atom. The van der Waals surface area contributed by atoms with Gasteiger partial charge in [-0.15, -0.1) is 0 Å². The molecule has 92 valence electrons. The molecule has 0 aromatic carbocycles. The summed E-state index contributed by atoms with van der Waals surface area (Å²) in [5, 5.41) is 8.76. The van der Waals surface area contributed by atoms with Crippen LogP contribution < -0.4 is 0 Å². The summed E-state index contributed by atoms with van der Waals surface area (Å²) >= 11 is 0. The lowest BCUT2D eigenvalue weighted by Gasteiger charge is -2.20. The van der Waals surface area contributed by atoms with E-state index in [9.17, 15) is 9.59 Å². The molecule has 0 radical (unpaired) electrons. The molecule has 1 saturated carbocycles. The zero-order chi connectivity index (χ0) is 12.4. The van der Waals surface area contributed by atoms with Gasteiger partial charge in [0.1, 0.15) is 12.2 Å². The molecular formula is C12H16N2O3. The molecule has 0 aliphatic heterocycles. The fourth-order valence-corrected chi connectivity index (χ4v) is 1.99. The van der Waals surface area contributed by atoms with Crippen molar-refractivity contribution < 1.29 is 14.7 Å². The van der Waals surface area contributed by atoms with Crippen molar-refractivity contribution in [2.45, 2.75) is 32.4 Å². The highest BCUT2D eigenvalue weighted by atomic mass is 16.4. The highest BCUT2D eigenvalue weighted by Crippen LogP contribution is 2.27. The van der Waals surface area contributed by atoms with Crippen LogP contribution in [0.15, 0.2) is 18.3 Å². The highest BCUT2D eigenvalue weighted by molar-refractivity contribution is 5.93. The molecule has 17 heavy (non-hydrogen) atoms. The molecule has 0 unspecified atom stereocenters. The van der Waals surface area contributed by atoms with Crippen molar-refractivity contribution in [3.8, 4) is 0 Å². The van der Waals surface area contributed by atoms with E-state index in [1.807, 2.05) is 11.8 Å². The number of hydrogen-bond donors (Lipinski definition) is 1. The molecule has 1 aliphatic rings. The average molecular weight is 236 g/mol. The Morgan fingerprint density at radius 2 is 2.24 bits per heavy atom. The van der Waals surface area contributed by atoms with E-state index in [1.54, 1.807) is 18.3 Å². The summed E-state index contributed by atoms with van der Waals surface area (Å²) < 4.78 is 1.48. The van der Waals surface area contributed by atoms with E-state index in [1.165, 1.54) is 4.57 Å². The zero-order valence-corrected chi connectivity index (χ0v) is 9.80. The second-order valence-corrected chi connectivity index (χ2v) is 4.24. The first-order chi connectivity index (χ1) is 8.13. The Bertz CT molecular complexity index is 435. The molecule has 1 aliphatic carbocycles. The molecule has 0 spiro atoms. The maximum atomic E-state index is 12.2. The Labute approximate surface area is 99.6 Å². The van der Waals surface area contributed by atoms with Crippen LogP contribution in [-0.2, 0) is 11.3 Å². The Kier molecular flexibility index (Phi) is 3.17. The van der Waals surface area contributed by atoms with Gasteiger partial charge in [0.05, 0.1) is 0 Å². The van der Waals surface area contributed by atoms with Crippen LogP contribution in [0.1, 0.15) is 30.3 Å². The zero-order valence-electron chi connectivity index (χ0n) is 9.80. The Hall–Kier alpha value is -1.78. The Balaban J connectivity index is 2.17. The quantitative estimate of drug-likeness (QED) is 0.835. The van der Waals surface area contributed by atoms with E-state index >= 15 is 0 Å². The second kappa shape index (κ2) is 4.61. The minimum absolute atomic E-state index is 0.0683. The van der Waals surface area contributed by atoms with E-state index in [2.05, 4.69) is 0 Å². The number of nitrogens with zero attached hydrogens (tertiary/aromatic N) is 2. The lowest BCUT2D eigenvalue weighted by Crippen LogP contribution is -2.34. The van der Waals surface area contributed by atoms with Crippen LogP contribution in [0, 0.1) is 0 Å². The highest BCUT2D eigenvalue weighted by Gasteiger charge is 2.32. The first kappa shape index (κ1) is 11.7. The van der Waals surface area contributed by atoms with Crippen molar-refractivity contribution >= 4 is 11.9 Å². The number of rotatable bonds is 5. The summed E-state index contributed by atoms with van der Waals surface area (Å²) in [6.07, 6.45) is 3.74. The van der Waals surface area contributed by atoms with Crippen molar-refractivity contribution in [3.63, 3.8) is 0 Å². The van der Waals surface area contributed by atoms with Gasteiger partial charge in [-0.2, -0.15) is 0 Å². The monoisotopic (exact) mass is 236 g/mol. The molecule has 5 nitrogen and oxygen atoms in total. The van der Waals surface area contributed by atoms with Crippen molar-refractivity contribution in [1.82, 2.24) is 9.47 Å². The van der Waals surface area contributed by atoms with Crippen LogP contribution in [0.2, 0.25) is 0 Å². The van der Waals surface area contributed by atoms with E-state index in [-0.39, 0.29) is 12.5 Å². The number of carboxylic acids is 1. The summed E-state index contributed by atoms with van der Waals surface area (Å²) in [5.74, 6) is -1.01. The first-order valence-electron chi connectivity index (χ1n) is 5.81. The van der Waals surface area contributed by atoms with E-state index in [4.69, 9.17) is 5.11 Å². The standard InChI is InChI=1S/C12H16N2O3/c1-2-14(9-5-6-9)12(17)10-4-3-7-13(10)8-11(15)16/h3-4,7,9H,2,5-6,8H2,1H3,(H,15,16). The van der Waals surface area contributed by atoms with Gasteiger partial charge < -0.3 is 14.6 Å². The normalized spacial score (nSPS) is 14.6. The first-order valence-corrected chi connectivity index (χ1v) is 5.81. The lowest BCUT2D eigenvalue weighted by atomic mass is 10.3. The van der Waals surface area contributed by atoms with E-state index < -0.39 is 5.97 Å². The Morgan fingerprint density at radius 3 is 2.76 bits per heavy atom. The van der Waals surface area contributed by atoms with Crippen molar-refractivity contribution in [3.05, 3.63) is 24.0 Å². The smallest absolute Gasteiger partial charge is 0.323 e. The van der Waals surface area contributed by atoms with Crippen LogP contribution in [0.4, 0.5) is 0 Å². The van der Waals surface area contributed by atoms with Gasteiger partial charge in [0.15, 0.2) is 0 Å². The second-order valence-electron chi connectivity index (χ2n) is 4.24. The van der Waals surface area contributed by atoms with Gasteiger partial charge in [-0.1, -0.05) is 0 Å². The number of aromatic nitrogens is 1. The fraction of sp³-hybridized carbons (Fsp3) is 0.500. The summed E-state index contributed by atoms with van der Waals surface area (Å²) in [6, 6.07) is 3.73. The number of carbonyl (C=O) groups excluding carboxylic acids is 1. The maximum Gasteiger partial charge on any atom is 0.323 e. The lowest BCUT2D eigenvalue weighted by molar-refractivity contribution is -0.137. The van der Waals surface area contributed by atoms with Crippen LogP contribution >= 0.6 is 0 Å². The summed E-state index contributed by atoms with van der Waals surface area (Å²) in [7, 11) is 0. The van der Waals surface area contributed by atoms with Gasteiger partial charge in [-0.05, 0) is 31.9 Å². The van der Waals surface area contributed by atoms with E-state index in [0.717, 1.165) is 12.8 Å². The minimum Gasteiger partial charge on any atom is -0.480 e. The van der Waals surface area contributed by atoms with Gasteiger partial charge in [0.25, 0.3) is 5.91 Å². The number of carboxylic acid groups (broad SMARTS) is 1. The van der Waals surface area contributed by atoms with Gasteiger partial charge >= 0.3 is 5.97 Å². The van der Waals surface area contributed by atoms with Gasteiger partial charge in [-0.3, -0.25) is 9.59 Å². The van der Waals surface area contributed by atoms with E-state index in [0.29, 0.717) is 18.3 Å². The van der Waals surface area contributed by atoms with Gasteiger partial charge in [0, 0.05) is 18.8 Å². The summed E-state index contributed by atoms with van der Waals surface area (Å²) in [5.41, 5.74) is 0.459. The molecule has 0 bridgehead atoms. The van der Waals surface area contributed by atoms with Crippen molar-refractivity contribution in [2.24, 2.45) is 0 Å². The third kappa shape index (κ3) is 2.49. The molecule has 0 atom stereocenters. The fourth-order valence-electron chi connectivity index (χ4n) is 1.99. The van der Waals surface area contributed by atoms with Crippen molar-refractivity contribution in [1.29, 1.82) is 0 Å². The largest absolute Gasteiger partial charge is 0.480 e. The molecule has 1 aromatic rings. The molecule has 1 aromatic heterocycles. The number of amides is 1. The van der Waals surface area contributed by atoms with Crippen LogP contribution in [-0.4, -0.2) is 39.0 Å². The van der Waals surface area contributed by atoms with Gasteiger partial charge in [0.2, 0.25) is 0 Å². The molecule has 0 saturated heterocycles. The molecular weight excluding hydrogens is 220 g/mol. The van der Waals surface area contributed by atoms with Crippen LogP contribution in [0.25, 0.3) is 0 Å². The number of carbonyl (C=O) groups is 2. The SMILES string of the molecule is CCN(C(=O)c1cccn1CC(=O)O)C1CC1. The minimum atomic E-state index is -0.940. The molecule has 5 heteroatoms. The molecule has 1 heterocycles. The molecule has 1 N–H and O–H groups in total. The average Bonchev–Trinajstić information content (AvgIpc) is 2.99. The van der Waals surface area contributed by atoms with Gasteiger partial charge in [-0.25, -0.2) is 0 Å². The van der Waals surface area contributed by atoms with Crippen LogP contribution in [0.5, 0.6) is 0 Å². The third-order valence-electron chi connectivity index (χ3n) is 2.94.